The molecule has 2 aromatic carbocycles. The van der Waals surface area contributed by atoms with Crippen LogP contribution in [-0.4, -0.2) is 12.5 Å². The fourth-order valence-corrected chi connectivity index (χ4v) is 2.52. The zero-order valence-corrected chi connectivity index (χ0v) is 15.3. The Kier molecular flexibility index (Phi) is 6.46. The number of carbonyl (C=O) groups is 1. The monoisotopic (exact) mass is 374 g/mol. The minimum Gasteiger partial charge on any atom is -0.494 e. The quantitative estimate of drug-likeness (QED) is 0.574. The number of hydrogen-bond donors (Lipinski definition) is 1. The van der Waals surface area contributed by atoms with Gasteiger partial charge in [0.25, 0.3) is 5.91 Å². The fourth-order valence-electron chi connectivity index (χ4n) is 2.10. The predicted molar refractivity (Wildman–Crippen MR) is 101 cm³/mol. The van der Waals surface area contributed by atoms with Gasteiger partial charge in [-0.25, -0.2) is 0 Å². The predicted octanol–water partition coefficient (Wildman–Crippen LogP) is 5.25. The molecule has 2 rings (SSSR count). The maximum absolute atomic E-state index is 12.3. The lowest BCUT2D eigenvalue weighted by Gasteiger charge is -2.07. The van der Waals surface area contributed by atoms with Gasteiger partial charge in [-0.2, -0.15) is 5.26 Å². The van der Waals surface area contributed by atoms with Gasteiger partial charge in [-0.1, -0.05) is 29.3 Å². The van der Waals surface area contributed by atoms with Gasteiger partial charge < -0.3 is 10.1 Å². The summed E-state index contributed by atoms with van der Waals surface area (Å²) in [6.07, 6.45) is 1.46. The van der Waals surface area contributed by atoms with Gasteiger partial charge >= 0.3 is 0 Å². The lowest BCUT2D eigenvalue weighted by molar-refractivity contribution is -0.112. The van der Waals surface area contributed by atoms with E-state index in [0.29, 0.717) is 33.7 Å². The molecule has 0 aromatic heterocycles. The van der Waals surface area contributed by atoms with Crippen molar-refractivity contribution >= 4 is 40.9 Å². The molecule has 0 saturated carbocycles. The average Bonchev–Trinajstić information content (AvgIpc) is 2.55. The Balaban J connectivity index is 2.26. The van der Waals surface area contributed by atoms with Gasteiger partial charge in [0.1, 0.15) is 17.4 Å². The van der Waals surface area contributed by atoms with E-state index in [-0.39, 0.29) is 5.57 Å². The summed E-state index contributed by atoms with van der Waals surface area (Å²) in [6.45, 7) is 4.21. The third-order valence-electron chi connectivity index (χ3n) is 3.31. The van der Waals surface area contributed by atoms with Gasteiger partial charge in [0, 0.05) is 15.7 Å². The molecule has 128 valence electrons. The van der Waals surface area contributed by atoms with Crippen molar-refractivity contribution in [2.24, 2.45) is 0 Å². The van der Waals surface area contributed by atoms with Gasteiger partial charge in [-0.15, -0.1) is 0 Å². The summed E-state index contributed by atoms with van der Waals surface area (Å²) in [6, 6.07) is 12.1. The number of ether oxygens (including phenoxy) is 1. The summed E-state index contributed by atoms with van der Waals surface area (Å²) in [4.78, 5) is 12.3. The molecule has 0 aliphatic rings. The van der Waals surface area contributed by atoms with Crippen molar-refractivity contribution in [1.82, 2.24) is 0 Å². The van der Waals surface area contributed by atoms with Crippen LogP contribution < -0.4 is 10.1 Å². The smallest absolute Gasteiger partial charge is 0.266 e. The van der Waals surface area contributed by atoms with Crippen molar-refractivity contribution in [2.75, 3.05) is 11.9 Å². The molecule has 0 spiro atoms. The molecule has 0 aliphatic heterocycles. The SMILES string of the molecule is CCOc1cc(Cl)cc(/C=C(\C#N)C(=O)Nc2ccc(C)c(Cl)c2)c1. The van der Waals surface area contributed by atoms with Crippen LogP contribution in [0.25, 0.3) is 6.08 Å². The van der Waals surface area contributed by atoms with Crippen LogP contribution in [0.3, 0.4) is 0 Å². The van der Waals surface area contributed by atoms with Crippen molar-refractivity contribution in [3.05, 3.63) is 63.1 Å². The molecule has 0 unspecified atom stereocenters. The van der Waals surface area contributed by atoms with E-state index >= 15 is 0 Å². The van der Waals surface area contributed by atoms with Crippen LogP contribution in [0.2, 0.25) is 10.0 Å². The number of aryl methyl sites for hydroxylation is 1. The molecule has 6 heteroatoms. The Labute approximate surface area is 156 Å². The summed E-state index contributed by atoms with van der Waals surface area (Å²) in [5.41, 5.74) is 1.96. The van der Waals surface area contributed by atoms with Crippen LogP contribution in [-0.2, 0) is 4.79 Å². The lowest BCUT2D eigenvalue weighted by Crippen LogP contribution is -2.13. The Morgan fingerprint density at radius 1 is 1.28 bits per heavy atom. The van der Waals surface area contributed by atoms with Crippen molar-refractivity contribution in [2.45, 2.75) is 13.8 Å². The summed E-state index contributed by atoms with van der Waals surface area (Å²) >= 11 is 12.1. The van der Waals surface area contributed by atoms with E-state index in [9.17, 15) is 10.1 Å². The number of nitriles is 1. The molecule has 0 bridgehead atoms. The van der Waals surface area contributed by atoms with Crippen molar-refractivity contribution in [1.29, 1.82) is 5.26 Å². The molecule has 0 aliphatic carbocycles. The molecule has 0 radical (unpaired) electrons. The second-order valence-corrected chi connectivity index (χ2v) is 6.08. The Hall–Kier alpha value is -2.48. The van der Waals surface area contributed by atoms with E-state index < -0.39 is 5.91 Å². The number of anilines is 1. The highest BCUT2D eigenvalue weighted by Gasteiger charge is 2.11. The van der Waals surface area contributed by atoms with E-state index in [4.69, 9.17) is 27.9 Å². The van der Waals surface area contributed by atoms with Crippen LogP contribution in [0.5, 0.6) is 5.75 Å². The van der Waals surface area contributed by atoms with E-state index in [1.54, 1.807) is 36.4 Å². The number of carbonyl (C=O) groups excluding carboxylic acids is 1. The van der Waals surface area contributed by atoms with Gasteiger partial charge in [-0.05, 0) is 61.4 Å². The minimum absolute atomic E-state index is 0.0542. The molecule has 0 heterocycles. The number of benzene rings is 2. The number of nitrogens with one attached hydrogen (secondary N) is 1. The number of nitrogens with zero attached hydrogens (tertiary/aromatic N) is 1. The first-order valence-corrected chi connectivity index (χ1v) is 8.31. The van der Waals surface area contributed by atoms with Gasteiger partial charge in [0.2, 0.25) is 0 Å². The topological polar surface area (TPSA) is 62.1 Å². The first-order chi connectivity index (χ1) is 11.9. The van der Waals surface area contributed by atoms with Crippen LogP contribution in [0.15, 0.2) is 42.0 Å². The van der Waals surface area contributed by atoms with Crippen molar-refractivity contribution in [3.63, 3.8) is 0 Å². The molecule has 25 heavy (non-hydrogen) atoms. The second kappa shape index (κ2) is 8.57. The summed E-state index contributed by atoms with van der Waals surface area (Å²) in [5, 5.41) is 13.0. The van der Waals surface area contributed by atoms with E-state index in [1.165, 1.54) is 6.08 Å². The molecule has 0 saturated heterocycles. The molecule has 2 aromatic rings. The summed E-state index contributed by atoms with van der Waals surface area (Å²) in [7, 11) is 0. The largest absolute Gasteiger partial charge is 0.494 e. The number of hydrogen-bond acceptors (Lipinski definition) is 3. The molecular formula is C19H16Cl2N2O2. The summed E-state index contributed by atoms with van der Waals surface area (Å²) < 4.78 is 5.41. The first kappa shape index (κ1) is 18.9. The molecule has 0 fully saturated rings. The van der Waals surface area contributed by atoms with E-state index in [2.05, 4.69) is 5.32 Å². The zero-order valence-electron chi connectivity index (χ0n) is 13.8. The zero-order chi connectivity index (χ0) is 18.4. The highest BCUT2D eigenvalue weighted by molar-refractivity contribution is 6.31. The van der Waals surface area contributed by atoms with Crippen LogP contribution in [0.4, 0.5) is 5.69 Å². The van der Waals surface area contributed by atoms with Gasteiger partial charge in [0.05, 0.1) is 6.61 Å². The molecule has 0 atom stereocenters. The minimum atomic E-state index is -0.527. The Morgan fingerprint density at radius 3 is 2.68 bits per heavy atom. The first-order valence-electron chi connectivity index (χ1n) is 7.55. The molecular weight excluding hydrogens is 359 g/mol. The number of halogens is 2. The van der Waals surface area contributed by atoms with Crippen molar-refractivity contribution < 1.29 is 9.53 Å². The van der Waals surface area contributed by atoms with E-state index in [0.717, 1.165) is 5.56 Å². The molecule has 4 nitrogen and oxygen atoms in total. The Bertz CT molecular complexity index is 870. The maximum atomic E-state index is 12.3. The standard InChI is InChI=1S/C19H16Cl2N2O2/c1-3-25-17-8-13(7-15(20)9-17)6-14(11-22)19(24)23-16-5-4-12(2)18(21)10-16/h4-10H,3H2,1-2H3,(H,23,24)/b14-6+. The average molecular weight is 375 g/mol. The highest BCUT2D eigenvalue weighted by Crippen LogP contribution is 2.24. The van der Waals surface area contributed by atoms with Crippen molar-refractivity contribution in [3.8, 4) is 11.8 Å². The third-order valence-corrected chi connectivity index (χ3v) is 3.94. The summed E-state index contributed by atoms with van der Waals surface area (Å²) in [5.74, 6) is 0.0459. The Morgan fingerprint density at radius 2 is 2.04 bits per heavy atom. The third kappa shape index (κ3) is 5.25. The second-order valence-electron chi connectivity index (χ2n) is 5.24. The normalized spacial score (nSPS) is 10.9. The molecule has 1 N–H and O–H groups in total. The van der Waals surface area contributed by atoms with Gasteiger partial charge in [-0.3, -0.25) is 4.79 Å². The maximum Gasteiger partial charge on any atom is 0.266 e. The lowest BCUT2D eigenvalue weighted by atomic mass is 10.1. The van der Waals surface area contributed by atoms with Gasteiger partial charge in [0.15, 0.2) is 0 Å². The van der Waals surface area contributed by atoms with Crippen LogP contribution in [0.1, 0.15) is 18.1 Å². The van der Waals surface area contributed by atoms with E-state index in [1.807, 2.05) is 19.9 Å². The van der Waals surface area contributed by atoms with Crippen LogP contribution >= 0.6 is 23.2 Å². The fraction of sp³-hybridized carbons (Fsp3) is 0.158. The highest BCUT2D eigenvalue weighted by atomic mass is 35.5. The number of amides is 1. The van der Waals surface area contributed by atoms with Crippen LogP contribution in [0, 0.1) is 18.3 Å². The molecule has 1 amide bonds. The number of rotatable bonds is 5.